The van der Waals surface area contributed by atoms with Gasteiger partial charge in [-0.3, -0.25) is 9.59 Å². The molecular formula is C12H17N3O2S2. The summed E-state index contributed by atoms with van der Waals surface area (Å²) in [6.07, 6.45) is 0.726. The molecule has 2 rings (SSSR count). The molecule has 0 fully saturated rings. The van der Waals surface area contributed by atoms with E-state index in [4.69, 9.17) is 0 Å². The third kappa shape index (κ3) is 3.94. The highest BCUT2D eigenvalue weighted by Gasteiger charge is 2.22. The molecule has 19 heavy (non-hydrogen) atoms. The molecule has 0 saturated carbocycles. The predicted molar refractivity (Wildman–Crippen MR) is 79.0 cm³/mol. The number of carbonyl (C=O) groups is 2. The first-order chi connectivity index (χ1) is 8.85. The third-order valence-electron chi connectivity index (χ3n) is 2.43. The smallest absolute Gasteiger partial charge is 0.263 e. The van der Waals surface area contributed by atoms with Crippen LogP contribution in [0, 0.1) is 0 Å². The van der Waals surface area contributed by atoms with Crippen LogP contribution in [0.1, 0.15) is 36.1 Å². The van der Waals surface area contributed by atoms with Gasteiger partial charge in [0.25, 0.3) is 5.91 Å². The van der Waals surface area contributed by atoms with Gasteiger partial charge in [0, 0.05) is 17.7 Å². The van der Waals surface area contributed by atoms with Crippen molar-refractivity contribution in [3.8, 4) is 0 Å². The monoisotopic (exact) mass is 299 g/mol. The minimum absolute atomic E-state index is 0.0549. The average molecular weight is 299 g/mol. The molecule has 2 N–H and O–H groups in total. The molecule has 0 bridgehead atoms. The maximum absolute atomic E-state index is 11.8. The van der Waals surface area contributed by atoms with Gasteiger partial charge in [-0.2, -0.15) is 0 Å². The van der Waals surface area contributed by atoms with E-state index in [9.17, 15) is 9.59 Å². The Kier molecular flexibility index (Phi) is 4.15. The largest absolute Gasteiger partial charge is 0.351 e. The van der Waals surface area contributed by atoms with Crippen molar-refractivity contribution in [1.82, 2.24) is 10.3 Å². The highest BCUT2D eigenvalue weighted by Crippen LogP contribution is 2.26. The number of amides is 2. The summed E-state index contributed by atoms with van der Waals surface area (Å²) in [5.74, 6) is 0.217. The second-order valence-corrected chi connectivity index (χ2v) is 8.05. The molecule has 0 saturated heterocycles. The molecule has 0 aliphatic carbocycles. The second-order valence-electron chi connectivity index (χ2n) is 5.25. The number of nitrogens with one attached hydrogen (secondary N) is 2. The minimum Gasteiger partial charge on any atom is -0.351 e. The summed E-state index contributed by atoms with van der Waals surface area (Å²) in [6, 6.07) is 0. The number of nitrogens with zero attached hydrogens (tertiary/aromatic N) is 1. The number of carbonyl (C=O) groups excluding carboxylic acids is 2. The molecule has 0 spiro atoms. The van der Waals surface area contributed by atoms with E-state index in [0.29, 0.717) is 22.3 Å². The maximum atomic E-state index is 11.8. The SMILES string of the molecule is CC(C)(C)SCC(=O)Nc1nc2c(s1)C(=O)NCC2. The Balaban J connectivity index is 1.96. The maximum Gasteiger partial charge on any atom is 0.263 e. The van der Waals surface area contributed by atoms with E-state index in [1.54, 1.807) is 11.8 Å². The van der Waals surface area contributed by atoms with Crippen molar-refractivity contribution >= 4 is 40.0 Å². The number of thioether (sulfide) groups is 1. The Bertz CT molecular complexity index is 506. The fraction of sp³-hybridized carbons (Fsp3) is 0.583. The lowest BCUT2D eigenvalue weighted by Crippen LogP contribution is -2.30. The Hall–Kier alpha value is -1.08. The van der Waals surface area contributed by atoms with Crippen LogP contribution < -0.4 is 10.6 Å². The summed E-state index contributed by atoms with van der Waals surface area (Å²) in [4.78, 5) is 28.3. The number of anilines is 1. The zero-order chi connectivity index (χ0) is 14.0. The van der Waals surface area contributed by atoms with Crippen LogP contribution in [0.4, 0.5) is 5.13 Å². The first kappa shape index (κ1) is 14.3. The molecule has 1 aliphatic heterocycles. The van der Waals surface area contributed by atoms with Crippen molar-refractivity contribution in [3.05, 3.63) is 10.6 Å². The van der Waals surface area contributed by atoms with Crippen LogP contribution in [0.3, 0.4) is 0 Å². The summed E-state index contributed by atoms with van der Waals surface area (Å²) in [6.45, 7) is 6.81. The number of hydrogen-bond acceptors (Lipinski definition) is 5. The van der Waals surface area contributed by atoms with Crippen molar-refractivity contribution in [1.29, 1.82) is 0 Å². The number of rotatable bonds is 3. The molecule has 2 heterocycles. The van der Waals surface area contributed by atoms with E-state index in [-0.39, 0.29) is 16.6 Å². The van der Waals surface area contributed by atoms with Gasteiger partial charge in [-0.1, -0.05) is 32.1 Å². The molecule has 7 heteroatoms. The van der Waals surface area contributed by atoms with Crippen LogP contribution in [-0.2, 0) is 11.2 Å². The quantitative estimate of drug-likeness (QED) is 0.894. The number of aromatic nitrogens is 1. The van der Waals surface area contributed by atoms with Gasteiger partial charge in [-0.25, -0.2) is 4.98 Å². The van der Waals surface area contributed by atoms with Crippen LogP contribution >= 0.6 is 23.1 Å². The van der Waals surface area contributed by atoms with E-state index >= 15 is 0 Å². The van der Waals surface area contributed by atoms with Crippen molar-refractivity contribution in [2.24, 2.45) is 0 Å². The Morgan fingerprint density at radius 2 is 2.26 bits per heavy atom. The van der Waals surface area contributed by atoms with Crippen molar-refractivity contribution in [2.45, 2.75) is 31.9 Å². The Morgan fingerprint density at radius 3 is 2.89 bits per heavy atom. The lowest BCUT2D eigenvalue weighted by Gasteiger charge is -2.16. The third-order valence-corrected chi connectivity index (χ3v) is 4.72. The highest BCUT2D eigenvalue weighted by atomic mass is 32.2. The second kappa shape index (κ2) is 5.50. The first-order valence-electron chi connectivity index (χ1n) is 6.07. The van der Waals surface area contributed by atoms with Crippen molar-refractivity contribution in [3.63, 3.8) is 0 Å². The summed E-state index contributed by atoms with van der Waals surface area (Å²) in [7, 11) is 0. The summed E-state index contributed by atoms with van der Waals surface area (Å²) in [5, 5.41) is 6.04. The molecule has 1 aliphatic rings. The first-order valence-corrected chi connectivity index (χ1v) is 7.87. The lowest BCUT2D eigenvalue weighted by molar-refractivity contribution is -0.113. The summed E-state index contributed by atoms with van der Waals surface area (Å²) < 4.78 is 0.0549. The van der Waals surface area contributed by atoms with Crippen molar-refractivity contribution < 1.29 is 9.59 Å². The van der Waals surface area contributed by atoms with Gasteiger partial charge < -0.3 is 10.6 Å². The summed E-state index contributed by atoms with van der Waals surface area (Å²) >= 11 is 2.82. The van der Waals surface area contributed by atoms with Gasteiger partial charge >= 0.3 is 0 Å². The van der Waals surface area contributed by atoms with Gasteiger partial charge in [0.15, 0.2) is 5.13 Å². The fourth-order valence-electron chi connectivity index (χ4n) is 1.56. The van der Waals surface area contributed by atoms with E-state index in [1.807, 2.05) is 0 Å². The topological polar surface area (TPSA) is 71.1 Å². The molecule has 0 aromatic carbocycles. The Morgan fingerprint density at radius 1 is 1.53 bits per heavy atom. The number of fused-ring (bicyclic) bond motifs is 1. The molecule has 1 aromatic rings. The number of hydrogen-bond donors (Lipinski definition) is 2. The van der Waals surface area contributed by atoms with E-state index in [1.165, 1.54) is 11.3 Å². The molecule has 2 amide bonds. The number of thiazole rings is 1. The van der Waals surface area contributed by atoms with Gasteiger partial charge in [0.05, 0.1) is 11.4 Å². The zero-order valence-corrected chi connectivity index (χ0v) is 12.8. The lowest BCUT2D eigenvalue weighted by atomic mass is 10.2. The molecule has 0 atom stereocenters. The van der Waals surface area contributed by atoms with Crippen LogP contribution in [-0.4, -0.2) is 33.8 Å². The zero-order valence-electron chi connectivity index (χ0n) is 11.2. The Labute approximate surface area is 120 Å². The van der Waals surface area contributed by atoms with Gasteiger partial charge in [0.2, 0.25) is 5.91 Å². The van der Waals surface area contributed by atoms with E-state index in [2.05, 4.69) is 36.4 Å². The van der Waals surface area contributed by atoms with Gasteiger partial charge in [-0.15, -0.1) is 11.8 Å². The predicted octanol–water partition coefficient (Wildman–Crippen LogP) is 1.90. The van der Waals surface area contributed by atoms with Crippen molar-refractivity contribution in [2.75, 3.05) is 17.6 Å². The average Bonchev–Trinajstić information content (AvgIpc) is 2.69. The molecule has 0 radical (unpaired) electrons. The van der Waals surface area contributed by atoms with Crippen LogP contribution in [0.5, 0.6) is 0 Å². The molecular weight excluding hydrogens is 282 g/mol. The van der Waals surface area contributed by atoms with Crippen LogP contribution in [0.2, 0.25) is 0 Å². The normalized spacial score (nSPS) is 14.8. The molecule has 1 aromatic heterocycles. The molecule has 0 unspecified atom stereocenters. The van der Waals surface area contributed by atoms with E-state index < -0.39 is 0 Å². The van der Waals surface area contributed by atoms with Crippen LogP contribution in [0.15, 0.2) is 0 Å². The van der Waals surface area contributed by atoms with E-state index in [0.717, 1.165) is 12.1 Å². The minimum atomic E-state index is -0.0942. The fourth-order valence-corrected chi connectivity index (χ4v) is 3.14. The van der Waals surface area contributed by atoms with Gasteiger partial charge in [0.1, 0.15) is 4.88 Å². The van der Waals surface area contributed by atoms with Crippen LogP contribution in [0.25, 0.3) is 0 Å². The summed E-state index contributed by atoms with van der Waals surface area (Å²) in [5.41, 5.74) is 0.785. The van der Waals surface area contributed by atoms with Gasteiger partial charge in [-0.05, 0) is 0 Å². The standard InChI is InChI=1S/C12H17N3O2S2/c1-12(2,3)18-6-8(16)15-11-14-7-4-5-13-10(17)9(7)19-11/h4-6H2,1-3H3,(H,13,17)(H,14,15,16). The molecule has 104 valence electrons. The highest BCUT2D eigenvalue weighted by molar-refractivity contribution is 8.01. The molecule has 5 nitrogen and oxygen atoms in total.